The van der Waals surface area contributed by atoms with Crippen LogP contribution in [0.5, 0.6) is 5.75 Å². The Kier molecular flexibility index (Phi) is 4.60. The molecule has 0 N–H and O–H groups in total. The normalized spacial score (nSPS) is 12.0. The van der Waals surface area contributed by atoms with Crippen LogP contribution in [0.3, 0.4) is 0 Å². The van der Waals surface area contributed by atoms with Crippen molar-refractivity contribution in [3.05, 3.63) is 35.9 Å². The van der Waals surface area contributed by atoms with Gasteiger partial charge in [0, 0.05) is 0 Å². The molecule has 0 saturated carbocycles. The zero-order valence-electron chi connectivity index (χ0n) is 10.8. The van der Waals surface area contributed by atoms with E-state index in [0.29, 0.717) is 0 Å². The molecule has 0 amide bonds. The highest BCUT2D eigenvalue weighted by Crippen LogP contribution is 2.25. The molecular formula is C15H22O. The van der Waals surface area contributed by atoms with E-state index >= 15 is 0 Å². The van der Waals surface area contributed by atoms with E-state index in [1.54, 1.807) is 7.11 Å². The zero-order chi connectivity index (χ0) is 12.0. The Morgan fingerprint density at radius 3 is 2.31 bits per heavy atom. The molecule has 0 unspecified atom stereocenters. The van der Waals surface area contributed by atoms with Gasteiger partial charge in [-0.25, -0.2) is 0 Å². The van der Waals surface area contributed by atoms with Crippen molar-refractivity contribution in [3.63, 3.8) is 0 Å². The Bertz CT molecular complexity index is 333. The number of allylic oxidation sites excluding steroid dienone is 1. The Balaban J connectivity index is 2.68. The van der Waals surface area contributed by atoms with E-state index in [0.717, 1.165) is 5.75 Å². The first kappa shape index (κ1) is 12.8. The lowest BCUT2D eigenvalue weighted by molar-refractivity contribution is 0.415. The Morgan fingerprint density at radius 1 is 1.19 bits per heavy atom. The highest BCUT2D eigenvalue weighted by atomic mass is 16.5. The molecule has 1 rings (SSSR count). The van der Waals surface area contributed by atoms with E-state index < -0.39 is 0 Å². The van der Waals surface area contributed by atoms with E-state index in [4.69, 9.17) is 4.74 Å². The van der Waals surface area contributed by atoms with Gasteiger partial charge in [0.05, 0.1) is 7.11 Å². The van der Waals surface area contributed by atoms with Crippen molar-refractivity contribution in [2.24, 2.45) is 5.41 Å². The average molecular weight is 218 g/mol. The average Bonchev–Trinajstić information content (AvgIpc) is 2.27. The highest BCUT2D eigenvalue weighted by molar-refractivity contribution is 5.51. The van der Waals surface area contributed by atoms with Crippen molar-refractivity contribution in [2.75, 3.05) is 7.11 Å². The summed E-state index contributed by atoms with van der Waals surface area (Å²) in [5.74, 6) is 0.907. The minimum absolute atomic E-state index is 0.286. The van der Waals surface area contributed by atoms with E-state index in [-0.39, 0.29) is 5.41 Å². The van der Waals surface area contributed by atoms with Crippen LogP contribution in [-0.2, 0) is 0 Å². The van der Waals surface area contributed by atoms with Gasteiger partial charge < -0.3 is 4.74 Å². The van der Waals surface area contributed by atoms with Gasteiger partial charge >= 0.3 is 0 Å². The summed E-state index contributed by atoms with van der Waals surface area (Å²) in [5.41, 5.74) is 1.51. The van der Waals surface area contributed by atoms with Crippen LogP contribution in [0.25, 0.3) is 6.08 Å². The van der Waals surface area contributed by atoms with Crippen molar-refractivity contribution in [1.82, 2.24) is 0 Å². The first-order valence-corrected chi connectivity index (χ1v) is 5.91. The fraction of sp³-hybridized carbons (Fsp3) is 0.467. The van der Waals surface area contributed by atoms with E-state index in [1.165, 1.54) is 18.4 Å². The largest absolute Gasteiger partial charge is 0.497 e. The van der Waals surface area contributed by atoms with Gasteiger partial charge in [-0.15, -0.1) is 0 Å². The van der Waals surface area contributed by atoms with E-state index in [9.17, 15) is 0 Å². The quantitative estimate of drug-likeness (QED) is 0.705. The third-order valence-electron chi connectivity index (χ3n) is 2.74. The summed E-state index contributed by atoms with van der Waals surface area (Å²) >= 11 is 0. The van der Waals surface area contributed by atoms with Gasteiger partial charge in [-0.1, -0.05) is 51.5 Å². The van der Waals surface area contributed by atoms with Gasteiger partial charge in [-0.2, -0.15) is 0 Å². The molecule has 0 aromatic heterocycles. The molecule has 0 bridgehead atoms. The van der Waals surface area contributed by atoms with Gasteiger partial charge in [0.15, 0.2) is 0 Å². The summed E-state index contributed by atoms with van der Waals surface area (Å²) in [6.07, 6.45) is 6.92. The van der Waals surface area contributed by atoms with Gasteiger partial charge in [0.2, 0.25) is 0 Å². The maximum absolute atomic E-state index is 5.13. The monoisotopic (exact) mass is 218 g/mol. The maximum Gasteiger partial charge on any atom is 0.118 e. The molecule has 0 saturated heterocycles. The molecule has 1 aromatic carbocycles. The summed E-state index contributed by atoms with van der Waals surface area (Å²) < 4.78 is 5.13. The molecule has 1 aromatic rings. The number of ether oxygens (including phenoxy) is 1. The zero-order valence-corrected chi connectivity index (χ0v) is 10.8. The first-order valence-electron chi connectivity index (χ1n) is 5.91. The molecule has 0 aliphatic carbocycles. The molecule has 0 heterocycles. The summed E-state index contributed by atoms with van der Waals surface area (Å²) in [5, 5.41) is 0. The summed E-state index contributed by atoms with van der Waals surface area (Å²) in [6, 6.07) is 8.15. The predicted octanol–water partition coefficient (Wildman–Crippen LogP) is 4.53. The predicted molar refractivity (Wildman–Crippen MR) is 70.7 cm³/mol. The molecule has 16 heavy (non-hydrogen) atoms. The first-order chi connectivity index (χ1) is 7.57. The number of methoxy groups -OCH3 is 1. The van der Waals surface area contributed by atoms with Crippen LogP contribution in [0.15, 0.2) is 30.3 Å². The van der Waals surface area contributed by atoms with Crippen LogP contribution in [0.1, 0.15) is 39.2 Å². The molecular weight excluding hydrogens is 196 g/mol. The summed E-state index contributed by atoms with van der Waals surface area (Å²) in [7, 11) is 1.69. The van der Waals surface area contributed by atoms with Crippen molar-refractivity contribution < 1.29 is 4.74 Å². The molecule has 0 radical (unpaired) electrons. The minimum Gasteiger partial charge on any atom is -0.497 e. The van der Waals surface area contributed by atoms with Crippen molar-refractivity contribution in [3.8, 4) is 5.75 Å². The minimum atomic E-state index is 0.286. The fourth-order valence-electron chi connectivity index (χ4n) is 1.76. The molecule has 1 nitrogen and oxygen atoms in total. The maximum atomic E-state index is 5.13. The Labute approximate surface area is 99.1 Å². The van der Waals surface area contributed by atoms with Crippen LogP contribution in [-0.4, -0.2) is 7.11 Å². The molecule has 0 aliphatic rings. The second-order valence-electron chi connectivity index (χ2n) is 4.85. The van der Waals surface area contributed by atoms with Crippen molar-refractivity contribution >= 4 is 6.08 Å². The molecule has 1 heteroatoms. The second-order valence-corrected chi connectivity index (χ2v) is 4.85. The lowest BCUT2D eigenvalue weighted by Gasteiger charge is -2.18. The molecule has 0 spiro atoms. The summed E-state index contributed by atoms with van der Waals surface area (Å²) in [6.45, 7) is 6.77. The Hall–Kier alpha value is -1.24. The van der Waals surface area contributed by atoms with Gasteiger partial charge in [-0.05, 0) is 29.5 Å². The number of hydrogen-bond acceptors (Lipinski definition) is 1. The van der Waals surface area contributed by atoms with Gasteiger partial charge in [0.1, 0.15) is 5.75 Å². The van der Waals surface area contributed by atoms with E-state index in [1.807, 2.05) is 12.1 Å². The molecule has 0 fully saturated rings. The molecule has 0 atom stereocenters. The second kappa shape index (κ2) is 5.74. The van der Waals surface area contributed by atoms with Crippen molar-refractivity contribution in [1.29, 1.82) is 0 Å². The number of rotatable bonds is 5. The highest BCUT2D eigenvalue weighted by Gasteiger charge is 2.11. The molecule has 0 aliphatic heterocycles. The van der Waals surface area contributed by atoms with Gasteiger partial charge in [0.25, 0.3) is 0 Å². The van der Waals surface area contributed by atoms with E-state index in [2.05, 4.69) is 45.1 Å². The van der Waals surface area contributed by atoms with Gasteiger partial charge in [-0.3, -0.25) is 0 Å². The van der Waals surface area contributed by atoms with Crippen LogP contribution in [0.2, 0.25) is 0 Å². The van der Waals surface area contributed by atoms with Crippen LogP contribution in [0, 0.1) is 5.41 Å². The topological polar surface area (TPSA) is 9.23 Å². The third kappa shape index (κ3) is 4.09. The third-order valence-corrected chi connectivity index (χ3v) is 2.74. The van der Waals surface area contributed by atoms with Crippen LogP contribution >= 0.6 is 0 Å². The standard InChI is InChI=1S/C15H22O/c1-5-11-15(2,3)12-10-13-6-8-14(16-4)9-7-13/h6-10,12H,5,11H2,1-4H3/b12-10+. The number of hydrogen-bond donors (Lipinski definition) is 0. The van der Waals surface area contributed by atoms with Crippen LogP contribution in [0.4, 0.5) is 0 Å². The van der Waals surface area contributed by atoms with Crippen LogP contribution < -0.4 is 4.74 Å². The fourth-order valence-corrected chi connectivity index (χ4v) is 1.76. The number of benzene rings is 1. The lowest BCUT2D eigenvalue weighted by Crippen LogP contribution is -2.05. The molecule has 88 valence electrons. The Morgan fingerprint density at radius 2 is 1.81 bits per heavy atom. The SMILES string of the molecule is CCCC(C)(C)/C=C/c1ccc(OC)cc1. The summed E-state index contributed by atoms with van der Waals surface area (Å²) in [4.78, 5) is 0. The smallest absolute Gasteiger partial charge is 0.118 e. The van der Waals surface area contributed by atoms with Crippen molar-refractivity contribution in [2.45, 2.75) is 33.6 Å². The lowest BCUT2D eigenvalue weighted by atomic mass is 9.87.